The van der Waals surface area contributed by atoms with E-state index >= 15 is 0 Å². The minimum atomic E-state index is 1.11. The topological polar surface area (TPSA) is 0 Å². The van der Waals surface area contributed by atoms with Gasteiger partial charge in [-0.25, -0.2) is 0 Å². The first-order valence-corrected chi connectivity index (χ1v) is 8.07. The Bertz CT molecular complexity index is 359. The Morgan fingerprint density at radius 3 is 1.65 bits per heavy atom. The standard InChI is InChI=1S/C20H34/c1-7-18(4)12-9-14-20(6)16-10-15-19(5)13-8-11-17(2)3/h11,14-15H,4,7-10,12-13,16H2,1-3,5-6H3/b19-15+,20-14+. The lowest BCUT2D eigenvalue weighted by molar-refractivity contribution is 0.882. The Labute approximate surface area is 127 Å². The van der Waals surface area contributed by atoms with Gasteiger partial charge in [0.25, 0.3) is 0 Å². The van der Waals surface area contributed by atoms with E-state index in [-0.39, 0.29) is 0 Å². The summed E-state index contributed by atoms with van der Waals surface area (Å²) in [6, 6.07) is 0. The molecule has 0 fully saturated rings. The molecule has 0 bridgehead atoms. The molecule has 0 aromatic rings. The van der Waals surface area contributed by atoms with Crippen LogP contribution >= 0.6 is 0 Å². The molecule has 0 rings (SSSR count). The molecule has 0 N–H and O–H groups in total. The average molecular weight is 274 g/mol. The Balaban J connectivity index is 3.88. The van der Waals surface area contributed by atoms with Crippen molar-refractivity contribution in [2.75, 3.05) is 0 Å². The van der Waals surface area contributed by atoms with E-state index in [0.717, 1.165) is 19.3 Å². The van der Waals surface area contributed by atoms with Crippen molar-refractivity contribution in [2.24, 2.45) is 0 Å². The van der Waals surface area contributed by atoms with Crippen LogP contribution in [0.3, 0.4) is 0 Å². The molecule has 0 heterocycles. The second kappa shape index (κ2) is 11.8. The van der Waals surface area contributed by atoms with Crippen LogP contribution in [0.1, 0.15) is 79.6 Å². The molecule has 0 aliphatic rings. The van der Waals surface area contributed by atoms with E-state index in [2.05, 4.69) is 59.4 Å². The van der Waals surface area contributed by atoms with Crippen LogP contribution < -0.4 is 0 Å². The van der Waals surface area contributed by atoms with Crippen LogP contribution in [-0.2, 0) is 0 Å². The van der Waals surface area contributed by atoms with Crippen molar-refractivity contribution in [1.29, 1.82) is 0 Å². The van der Waals surface area contributed by atoms with Gasteiger partial charge in [0.05, 0.1) is 0 Å². The van der Waals surface area contributed by atoms with E-state index in [4.69, 9.17) is 0 Å². The highest BCUT2D eigenvalue weighted by atomic mass is 14.0. The molecule has 0 amide bonds. The van der Waals surface area contributed by atoms with E-state index in [1.54, 1.807) is 0 Å². The molecule has 0 unspecified atom stereocenters. The maximum absolute atomic E-state index is 4.05. The van der Waals surface area contributed by atoms with Gasteiger partial charge in [0.15, 0.2) is 0 Å². The van der Waals surface area contributed by atoms with E-state index in [9.17, 15) is 0 Å². The third kappa shape index (κ3) is 12.0. The minimum Gasteiger partial charge on any atom is -0.0999 e. The Morgan fingerprint density at radius 1 is 0.750 bits per heavy atom. The van der Waals surface area contributed by atoms with Gasteiger partial charge in [0, 0.05) is 0 Å². The maximum atomic E-state index is 4.05. The van der Waals surface area contributed by atoms with Gasteiger partial charge in [0.1, 0.15) is 0 Å². The summed E-state index contributed by atoms with van der Waals surface area (Å²) >= 11 is 0. The molecule has 0 aliphatic carbocycles. The van der Waals surface area contributed by atoms with Crippen molar-refractivity contribution >= 4 is 0 Å². The summed E-state index contributed by atoms with van der Waals surface area (Å²) in [7, 11) is 0. The molecule has 0 aliphatic heterocycles. The molecule has 0 nitrogen and oxygen atoms in total. The fourth-order valence-corrected chi connectivity index (χ4v) is 2.04. The van der Waals surface area contributed by atoms with Crippen molar-refractivity contribution in [1.82, 2.24) is 0 Å². The Hall–Kier alpha value is -1.04. The first kappa shape index (κ1) is 19.0. The van der Waals surface area contributed by atoms with Gasteiger partial charge in [-0.05, 0) is 72.6 Å². The van der Waals surface area contributed by atoms with Crippen LogP contribution in [0.15, 0.2) is 47.1 Å². The molecular weight excluding hydrogens is 240 g/mol. The highest BCUT2D eigenvalue weighted by Gasteiger charge is 1.93. The van der Waals surface area contributed by atoms with E-state index in [1.807, 2.05) is 0 Å². The van der Waals surface area contributed by atoms with Crippen molar-refractivity contribution < 1.29 is 0 Å². The zero-order valence-electron chi connectivity index (χ0n) is 14.4. The van der Waals surface area contributed by atoms with Gasteiger partial charge >= 0.3 is 0 Å². The Morgan fingerprint density at radius 2 is 1.20 bits per heavy atom. The van der Waals surface area contributed by atoms with Gasteiger partial charge in [-0.15, -0.1) is 0 Å². The molecule has 0 atom stereocenters. The summed E-state index contributed by atoms with van der Waals surface area (Å²) in [6.45, 7) is 15.1. The molecule has 114 valence electrons. The lowest BCUT2D eigenvalue weighted by Crippen LogP contribution is -1.82. The normalized spacial score (nSPS) is 12.4. The molecule has 0 saturated carbocycles. The van der Waals surface area contributed by atoms with Gasteiger partial charge < -0.3 is 0 Å². The zero-order chi connectivity index (χ0) is 15.4. The van der Waals surface area contributed by atoms with Crippen LogP contribution in [-0.4, -0.2) is 0 Å². The minimum absolute atomic E-state index is 1.11. The quantitative estimate of drug-likeness (QED) is 0.371. The molecule has 0 heteroatoms. The van der Waals surface area contributed by atoms with Crippen LogP contribution in [0.25, 0.3) is 0 Å². The van der Waals surface area contributed by atoms with Gasteiger partial charge in [0.2, 0.25) is 0 Å². The van der Waals surface area contributed by atoms with Crippen LogP contribution in [0.4, 0.5) is 0 Å². The van der Waals surface area contributed by atoms with E-state index in [1.165, 1.54) is 48.0 Å². The molecule has 0 saturated heterocycles. The highest BCUT2D eigenvalue weighted by molar-refractivity contribution is 5.06. The van der Waals surface area contributed by atoms with Crippen molar-refractivity contribution in [3.8, 4) is 0 Å². The molecule has 0 spiro atoms. The van der Waals surface area contributed by atoms with Crippen LogP contribution in [0.2, 0.25) is 0 Å². The lowest BCUT2D eigenvalue weighted by Gasteiger charge is -2.02. The molecule has 0 radical (unpaired) electrons. The summed E-state index contributed by atoms with van der Waals surface area (Å²) in [4.78, 5) is 0. The largest absolute Gasteiger partial charge is 0.0999 e. The van der Waals surface area contributed by atoms with E-state index in [0.29, 0.717) is 0 Å². The zero-order valence-corrected chi connectivity index (χ0v) is 14.4. The molecular formula is C20H34. The number of hydrogen-bond donors (Lipinski definition) is 0. The highest BCUT2D eigenvalue weighted by Crippen LogP contribution is 2.13. The second-order valence-electron chi connectivity index (χ2n) is 6.10. The summed E-state index contributed by atoms with van der Waals surface area (Å²) in [5.41, 5.74) is 5.83. The van der Waals surface area contributed by atoms with Gasteiger partial charge in [-0.2, -0.15) is 0 Å². The number of allylic oxidation sites excluding steroid dienone is 7. The molecule has 0 aromatic heterocycles. The van der Waals surface area contributed by atoms with Crippen molar-refractivity contribution in [2.45, 2.75) is 79.6 Å². The van der Waals surface area contributed by atoms with Crippen molar-refractivity contribution in [3.05, 3.63) is 47.1 Å². The summed E-state index contributed by atoms with van der Waals surface area (Å²) in [5.74, 6) is 0. The van der Waals surface area contributed by atoms with Gasteiger partial charge in [-0.1, -0.05) is 54.0 Å². The second-order valence-corrected chi connectivity index (χ2v) is 6.10. The first-order valence-electron chi connectivity index (χ1n) is 8.07. The van der Waals surface area contributed by atoms with E-state index < -0.39 is 0 Å². The predicted molar refractivity (Wildman–Crippen MR) is 94.1 cm³/mol. The number of hydrogen-bond acceptors (Lipinski definition) is 0. The third-order valence-electron chi connectivity index (χ3n) is 3.61. The average Bonchev–Trinajstić information content (AvgIpc) is 2.38. The smallest absolute Gasteiger partial charge is 0.0288 e. The summed E-state index contributed by atoms with van der Waals surface area (Å²) < 4.78 is 0. The summed E-state index contributed by atoms with van der Waals surface area (Å²) in [6.07, 6.45) is 15.3. The first-order chi connectivity index (χ1) is 9.45. The van der Waals surface area contributed by atoms with Crippen LogP contribution in [0.5, 0.6) is 0 Å². The summed E-state index contributed by atoms with van der Waals surface area (Å²) in [5, 5.41) is 0. The third-order valence-corrected chi connectivity index (χ3v) is 3.61. The molecule has 0 aromatic carbocycles. The fourth-order valence-electron chi connectivity index (χ4n) is 2.04. The predicted octanol–water partition coefficient (Wildman–Crippen LogP) is 7.15. The van der Waals surface area contributed by atoms with Crippen molar-refractivity contribution in [3.63, 3.8) is 0 Å². The Kier molecular flexibility index (Phi) is 11.1. The fraction of sp³-hybridized carbons (Fsp3) is 0.600. The SMILES string of the molecule is C=C(CC)CC/C=C(\C)CC/C=C(\C)CCC=C(C)C. The van der Waals surface area contributed by atoms with Crippen LogP contribution in [0, 0.1) is 0 Å². The van der Waals surface area contributed by atoms with Gasteiger partial charge in [-0.3, -0.25) is 0 Å². The maximum Gasteiger partial charge on any atom is -0.0288 e. The lowest BCUT2D eigenvalue weighted by atomic mass is 10.0. The monoisotopic (exact) mass is 274 g/mol. The molecule has 20 heavy (non-hydrogen) atoms. The number of rotatable bonds is 10.